The Morgan fingerprint density at radius 3 is 2.73 bits per heavy atom. The Hall–Kier alpha value is -1.55. The summed E-state index contributed by atoms with van der Waals surface area (Å²) < 4.78 is 6.41. The summed E-state index contributed by atoms with van der Waals surface area (Å²) in [7, 11) is 0. The molecule has 0 radical (unpaired) electrons. The van der Waals surface area contributed by atoms with Gasteiger partial charge < -0.3 is 15.8 Å². The van der Waals surface area contributed by atoms with Gasteiger partial charge in [-0.3, -0.25) is 4.79 Å². The van der Waals surface area contributed by atoms with Crippen molar-refractivity contribution in [3.63, 3.8) is 0 Å². The lowest BCUT2D eigenvalue weighted by atomic mass is 9.76. The molecule has 0 aromatic heterocycles. The van der Waals surface area contributed by atoms with Crippen LogP contribution in [0.25, 0.3) is 0 Å². The molecule has 1 amide bonds. The smallest absolute Gasteiger partial charge is 0.217 e. The van der Waals surface area contributed by atoms with Crippen molar-refractivity contribution in [2.75, 3.05) is 0 Å². The Kier molecular flexibility index (Phi) is 4.13. The van der Waals surface area contributed by atoms with Crippen LogP contribution in [0.2, 0.25) is 0 Å². The van der Waals surface area contributed by atoms with Crippen LogP contribution in [0.15, 0.2) is 18.2 Å². The maximum atomic E-state index is 11.6. The van der Waals surface area contributed by atoms with Crippen molar-refractivity contribution in [1.29, 1.82) is 0 Å². The third kappa shape index (κ3) is 2.98. The zero-order chi connectivity index (χ0) is 15.7. The monoisotopic (exact) mass is 302 g/mol. The van der Waals surface area contributed by atoms with Crippen molar-refractivity contribution in [2.45, 2.75) is 70.1 Å². The van der Waals surface area contributed by atoms with Gasteiger partial charge in [0, 0.05) is 24.9 Å². The van der Waals surface area contributed by atoms with E-state index in [1.165, 1.54) is 19.3 Å². The Bertz CT molecular complexity index is 562. The van der Waals surface area contributed by atoms with E-state index >= 15 is 0 Å². The van der Waals surface area contributed by atoms with Gasteiger partial charge in [-0.25, -0.2) is 0 Å². The zero-order valence-electron chi connectivity index (χ0n) is 13.5. The minimum Gasteiger partial charge on any atom is -0.487 e. The van der Waals surface area contributed by atoms with E-state index in [0.717, 1.165) is 36.1 Å². The standard InChI is InChI=1S/C18H26N2O2/c1-12(19)14-6-7-17-15(10-14)16(20-13(2)21)11-18(22-17)8-4-3-5-9-18/h6-7,10,12,16H,3-5,8-9,11,19H2,1-2H3,(H,20,21). The molecular weight excluding hydrogens is 276 g/mol. The maximum Gasteiger partial charge on any atom is 0.217 e. The molecule has 1 aliphatic carbocycles. The molecule has 0 saturated heterocycles. The van der Waals surface area contributed by atoms with Crippen molar-refractivity contribution in [1.82, 2.24) is 5.32 Å². The summed E-state index contributed by atoms with van der Waals surface area (Å²) >= 11 is 0. The number of carbonyl (C=O) groups excluding carboxylic acids is 1. The third-order valence-electron chi connectivity index (χ3n) is 4.98. The third-order valence-corrected chi connectivity index (χ3v) is 4.98. The molecule has 3 rings (SSSR count). The number of rotatable bonds is 2. The first-order valence-corrected chi connectivity index (χ1v) is 8.35. The number of hydrogen-bond donors (Lipinski definition) is 2. The molecule has 1 fully saturated rings. The molecule has 120 valence electrons. The minimum atomic E-state index is -0.103. The normalized spacial score (nSPS) is 24.2. The second-order valence-electron chi connectivity index (χ2n) is 6.89. The summed E-state index contributed by atoms with van der Waals surface area (Å²) in [5, 5.41) is 3.12. The molecule has 2 aliphatic rings. The van der Waals surface area contributed by atoms with Gasteiger partial charge in [-0.1, -0.05) is 12.5 Å². The van der Waals surface area contributed by atoms with Crippen LogP contribution >= 0.6 is 0 Å². The van der Waals surface area contributed by atoms with E-state index in [1.807, 2.05) is 19.1 Å². The summed E-state index contributed by atoms with van der Waals surface area (Å²) in [6, 6.07) is 6.16. The van der Waals surface area contributed by atoms with Crippen LogP contribution in [0.1, 0.15) is 75.6 Å². The molecule has 22 heavy (non-hydrogen) atoms. The van der Waals surface area contributed by atoms with Gasteiger partial charge >= 0.3 is 0 Å². The Morgan fingerprint density at radius 1 is 1.36 bits per heavy atom. The average Bonchev–Trinajstić information content (AvgIpc) is 2.47. The quantitative estimate of drug-likeness (QED) is 0.880. The molecule has 1 saturated carbocycles. The fourth-order valence-corrected chi connectivity index (χ4v) is 3.85. The Labute approximate surface area is 132 Å². The molecule has 1 aromatic rings. The molecule has 3 N–H and O–H groups in total. The number of ether oxygens (including phenoxy) is 1. The van der Waals surface area contributed by atoms with E-state index in [9.17, 15) is 4.79 Å². The number of nitrogens with one attached hydrogen (secondary N) is 1. The number of benzene rings is 1. The van der Waals surface area contributed by atoms with Gasteiger partial charge in [-0.05, 0) is 50.3 Å². The summed E-state index contributed by atoms with van der Waals surface area (Å²) in [5.41, 5.74) is 8.05. The van der Waals surface area contributed by atoms with Crippen LogP contribution in [0.4, 0.5) is 0 Å². The lowest BCUT2D eigenvalue weighted by molar-refractivity contribution is -0.120. The molecule has 4 heteroatoms. The molecule has 1 aromatic carbocycles. The van der Waals surface area contributed by atoms with E-state index in [4.69, 9.17) is 10.5 Å². The number of hydrogen-bond acceptors (Lipinski definition) is 3. The second-order valence-corrected chi connectivity index (χ2v) is 6.89. The molecule has 1 spiro atoms. The first-order valence-electron chi connectivity index (χ1n) is 8.35. The van der Waals surface area contributed by atoms with E-state index in [-0.39, 0.29) is 23.6 Å². The van der Waals surface area contributed by atoms with Crippen LogP contribution < -0.4 is 15.8 Å². The first-order chi connectivity index (χ1) is 10.5. The highest BCUT2D eigenvalue weighted by Gasteiger charge is 2.42. The van der Waals surface area contributed by atoms with Crippen molar-refractivity contribution in [2.24, 2.45) is 5.73 Å². The molecular formula is C18H26N2O2. The summed E-state index contributed by atoms with van der Waals surface area (Å²) in [4.78, 5) is 11.6. The molecule has 4 nitrogen and oxygen atoms in total. The van der Waals surface area contributed by atoms with Crippen molar-refractivity contribution in [3.8, 4) is 5.75 Å². The molecule has 0 bridgehead atoms. The highest BCUT2D eigenvalue weighted by atomic mass is 16.5. The fourth-order valence-electron chi connectivity index (χ4n) is 3.85. The predicted octanol–water partition coefficient (Wildman–Crippen LogP) is 3.37. The highest BCUT2D eigenvalue weighted by Crippen LogP contribution is 2.46. The SMILES string of the molecule is CC(=O)NC1CC2(CCCCC2)Oc2ccc(C(C)N)cc21. The van der Waals surface area contributed by atoms with Gasteiger partial charge in [0.25, 0.3) is 0 Å². The summed E-state index contributed by atoms with van der Waals surface area (Å²) in [6.45, 7) is 3.56. The van der Waals surface area contributed by atoms with Crippen LogP contribution in [0, 0.1) is 0 Å². The van der Waals surface area contributed by atoms with Crippen LogP contribution in [0.3, 0.4) is 0 Å². The molecule has 1 heterocycles. The Morgan fingerprint density at radius 2 is 2.09 bits per heavy atom. The number of amides is 1. The van der Waals surface area contributed by atoms with Crippen LogP contribution in [-0.2, 0) is 4.79 Å². The second kappa shape index (κ2) is 5.92. The van der Waals surface area contributed by atoms with E-state index in [2.05, 4.69) is 11.4 Å². The highest BCUT2D eigenvalue weighted by molar-refractivity contribution is 5.73. The minimum absolute atomic E-state index is 0.00927. The summed E-state index contributed by atoms with van der Waals surface area (Å²) in [5.74, 6) is 0.923. The van der Waals surface area contributed by atoms with Crippen LogP contribution in [-0.4, -0.2) is 11.5 Å². The van der Waals surface area contributed by atoms with E-state index in [1.54, 1.807) is 6.92 Å². The van der Waals surface area contributed by atoms with Gasteiger partial charge in [0.1, 0.15) is 11.4 Å². The predicted molar refractivity (Wildman–Crippen MR) is 86.7 cm³/mol. The lowest BCUT2D eigenvalue weighted by Crippen LogP contribution is -2.46. The van der Waals surface area contributed by atoms with Crippen molar-refractivity contribution >= 4 is 5.91 Å². The van der Waals surface area contributed by atoms with E-state index < -0.39 is 0 Å². The fraction of sp³-hybridized carbons (Fsp3) is 0.611. The first kappa shape index (κ1) is 15.3. The maximum absolute atomic E-state index is 11.6. The van der Waals surface area contributed by atoms with Crippen LogP contribution in [0.5, 0.6) is 5.75 Å². The van der Waals surface area contributed by atoms with E-state index in [0.29, 0.717) is 0 Å². The van der Waals surface area contributed by atoms with Gasteiger partial charge in [0.05, 0.1) is 6.04 Å². The zero-order valence-corrected chi connectivity index (χ0v) is 13.5. The van der Waals surface area contributed by atoms with Gasteiger partial charge in [0.2, 0.25) is 5.91 Å². The van der Waals surface area contributed by atoms with Gasteiger partial charge in [0.15, 0.2) is 0 Å². The number of fused-ring (bicyclic) bond motifs is 1. The molecule has 2 unspecified atom stereocenters. The topological polar surface area (TPSA) is 64.3 Å². The van der Waals surface area contributed by atoms with Gasteiger partial charge in [-0.2, -0.15) is 0 Å². The summed E-state index contributed by atoms with van der Waals surface area (Å²) in [6.07, 6.45) is 6.73. The number of carbonyl (C=O) groups is 1. The lowest BCUT2D eigenvalue weighted by Gasteiger charge is -2.44. The molecule has 1 aliphatic heterocycles. The Balaban J connectivity index is 1.97. The van der Waals surface area contributed by atoms with Gasteiger partial charge in [-0.15, -0.1) is 0 Å². The van der Waals surface area contributed by atoms with Crippen molar-refractivity contribution in [3.05, 3.63) is 29.3 Å². The molecule has 2 atom stereocenters. The van der Waals surface area contributed by atoms with Crippen molar-refractivity contribution < 1.29 is 9.53 Å². The largest absolute Gasteiger partial charge is 0.487 e. The number of nitrogens with two attached hydrogens (primary N) is 1. The average molecular weight is 302 g/mol.